The van der Waals surface area contributed by atoms with Gasteiger partial charge in [0.1, 0.15) is 6.10 Å². The summed E-state index contributed by atoms with van der Waals surface area (Å²) in [7, 11) is 1.38. The minimum absolute atomic E-state index is 0.150. The van der Waals surface area contributed by atoms with Gasteiger partial charge in [-0.1, -0.05) is 0 Å². The molecule has 1 amide bonds. The largest absolute Gasteiger partial charge is 0.378 e. The Balaban J connectivity index is 2.60. The highest BCUT2D eigenvalue weighted by Crippen LogP contribution is 2.17. The smallest absolute Gasteiger partial charge is 0.251 e. The molecular weight excluding hydrogens is 238 g/mol. The van der Waals surface area contributed by atoms with Gasteiger partial charge in [-0.15, -0.1) is 0 Å². The monoisotopic (exact) mass is 259 g/mol. The average Bonchev–Trinajstić information content (AvgIpc) is 2.38. The number of carbonyl (C=O) groups excluding carboxylic acids is 2. The summed E-state index contributed by atoms with van der Waals surface area (Å²) in [4.78, 5) is 25.2. The zero-order chi connectivity index (χ0) is 13.8. The van der Waals surface area contributed by atoms with Gasteiger partial charge in [-0.3, -0.25) is 9.59 Å². The van der Waals surface area contributed by atoms with E-state index in [2.05, 4.69) is 0 Å². The number of nitrogens with zero attached hydrogens (tertiary/aromatic N) is 1. The zero-order valence-electron chi connectivity index (χ0n) is 11.4. The molecule has 1 heterocycles. The third kappa shape index (κ3) is 3.51. The molecule has 2 atom stereocenters. The van der Waals surface area contributed by atoms with Gasteiger partial charge < -0.3 is 19.1 Å². The van der Waals surface area contributed by atoms with E-state index in [1.54, 1.807) is 11.8 Å². The van der Waals surface area contributed by atoms with Crippen LogP contribution in [0.25, 0.3) is 0 Å². The molecule has 0 N–H and O–H groups in total. The molecule has 0 radical (unpaired) electrons. The number of amides is 1. The van der Waals surface area contributed by atoms with Crippen LogP contribution < -0.4 is 0 Å². The van der Waals surface area contributed by atoms with E-state index in [-0.39, 0.29) is 11.7 Å². The molecule has 0 aromatic carbocycles. The van der Waals surface area contributed by atoms with Gasteiger partial charge >= 0.3 is 0 Å². The molecule has 18 heavy (non-hydrogen) atoms. The number of methoxy groups -OCH3 is 1. The third-order valence-electron chi connectivity index (χ3n) is 3.10. The highest BCUT2D eigenvalue weighted by atomic mass is 16.7. The van der Waals surface area contributed by atoms with Crippen molar-refractivity contribution in [3.8, 4) is 0 Å². The van der Waals surface area contributed by atoms with Gasteiger partial charge in [0.25, 0.3) is 5.91 Å². The molecule has 6 heteroatoms. The number of carbonyl (C=O) groups is 2. The number of hydrogen-bond acceptors (Lipinski definition) is 5. The first-order valence-electron chi connectivity index (χ1n) is 6.01. The van der Waals surface area contributed by atoms with Crippen LogP contribution in [0.2, 0.25) is 0 Å². The van der Waals surface area contributed by atoms with Crippen molar-refractivity contribution in [2.45, 2.75) is 32.7 Å². The molecule has 0 aliphatic carbocycles. The van der Waals surface area contributed by atoms with Gasteiger partial charge in [-0.25, -0.2) is 0 Å². The Bertz CT molecular complexity index is 314. The molecule has 1 aliphatic rings. The fourth-order valence-corrected chi connectivity index (χ4v) is 1.70. The maximum absolute atomic E-state index is 12.1. The van der Waals surface area contributed by atoms with Crippen LogP contribution in [-0.4, -0.2) is 61.9 Å². The molecule has 0 saturated carbocycles. The Morgan fingerprint density at radius 1 is 1.33 bits per heavy atom. The number of ketones is 1. The van der Waals surface area contributed by atoms with E-state index in [0.717, 1.165) is 0 Å². The van der Waals surface area contributed by atoms with Crippen molar-refractivity contribution < 1.29 is 23.8 Å². The summed E-state index contributed by atoms with van der Waals surface area (Å²) in [6.07, 6.45) is -0.725. The van der Waals surface area contributed by atoms with Crippen LogP contribution in [0.15, 0.2) is 0 Å². The van der Waals surface area contributed by atoms with Gasteiger partial charge in [-0.05, 0) is 13.8 Å². The maximum Gasteiger partial charge on any atom is 0.251 e. The van der Waals surface area contributed by atoms with Gasteiger partial charge in [-0.2, -0.15) is 0 Å². The van der Waals surface area contributed by atoms with Crippen molar-refractivity contribution in [2.75, 3.05) is 33.4 Å². The first-order chi connectivity index (χ1) is 8.40. The Morgan fingerprint density at radius 2 is 1.89 bits per heavy atom. The van der Waals surface area contributed by atoms with Gasteiger partial charge in [0.15, 0.2) is 5.78 Å². The Labute approximate surface area is 107 Å². The standard InChI is InChI=1S/C12H21NO5/c1-9(18-12(3,16-4)10(2)14)11(15)13-5-7-17-8-6-13/h9H,5-8H2,1-4H3/t9-,12+/m1/s1. The molecule has 0 aromatic heterocycles. The summed E-state index contributed by atoms with van der Waals surface area (Å²) >= 11 is 0. The summed E-state index contributed by atoms with van der Waals surface area (Å²) in [5.74, 6) is -1.80. The van der Waals surface area contributed by atoms with Crippen LogP contribution in [0.4, 0.5) is 0 Å². The highest BCUT2D eigenvalue weighted by Gasteiger charge is 2.36. The number of morpholine rings is 1. The Kier molecular flexibility index (Phi) is 5.25. The first-order valence-corrected chi connectivity index (χ1v) is 6.01. The number of Topliss-reactive ketones (excluding diaryl/α,β-unsaturated/α-hetero) is 1. The lowest BCUT2D eigenvalue weighted by Gasteiger charge is -2.33. The maximum atomic E-state index is 12.1. The molecule has 0 unspecified atom stereocenters. The SMILES string of the molecule is CO[C@@](C)(O[C@H](C)C(=O)N1CCOCC1)C(C)=O. The van der Waals surface area contributed by atoms with Crippen molar-refractivity contribution in [1.29, 1.82) is 0 Å². The normalized spacial score (nSPS) is 21.2. The molecule has 0 spiro atoms. The van der Waals surface area contributed by atoms with Crippen molar-refractivity contribution in [3.63, 3.8) is 0 Å². The molecule has 1 aliphatic heterocycles. The molecular formula is C12H21NO5. The van der Waals surface area contributed by atoms with Crippen LogP contribution in [0.5, 0.6) is 0 Å². The van der Waals surface area contributed by atoms with Gasteiger partial charge in [0.2, 0.25) is 5.79 Å². The van der Waals surface area contributed by atoms with E-state index >= 15 is 0 Å². The molecule has 104 valence electrons. The van der Waals surface area contributed by atoms with E-state index < -0.39 is 11.9 Å². The minimum atomic E-state index is -1.37. The van der Waals surface area contributed by atoms with Crippen molar-refractivity contribution in [2.24, 2.45) is 0 Å². The summed E-state index contributed by atoms with van der Waals surface area (Å²) in [5, 5.41) is 0. The molecule has 1 saturated heterocycles. The van der Waals surface area contributed by atoms with E-state index in [4.69, 9.17) is 14.2 Å². The lowest BCUT2D eigenvalue weighted by molar-refractivity contribution is -0.225. The minimum Gasteiger partial charge on any atom is -0.378 e. The second kappa shape index (κ2) is 6.26. The van der Waals surface area contributed by atoms with Crippen molar-refractivity contribution >= 4 is 11.7 Å². The van der Waals surface area contributed by atoms with Crippen LogP contribution in [0.3, 0.4) is 0 Å². The number of ether oxygens (including phenoxy) is 3. The molecule has 1 rings (SSSR count). The summed E-state index contributed by atoms with van der Waals surface area (Å²) in [6.45, 7) is 6.68. The number of rotatable bonds is 5. The summed E-state index contributed by atoms with van der Waals surface area (Å²) in [6, 6.07) is 0. The van der Waals surface area contributed by atoms with Gasteiger partial charge in [0, 0.05) is 27.1 Å². The molecule has 0 bridgehead atoms. The predicted molar refractivity (Wildman–Crippen MR) is 64.0 cm³/mol. The second-order valence-electron chi connectivity index (χ2n) is 4.40. The van der Waals surface area contributed by atoms with Crippen molar-refractivity contribution in [3.05, 3.63) is 0 Å². The summed E-state index contributed by atoms with van der Waals surface area (Å²) in [5.41, 5.74) is 0. The average molecular weight is 259 g/mol. The van der Waals surface area contributed by atoms with E-state index in [0.29, 0.717) is 26.3 Å². The van der Waals surface area contributed by atoms with Crippen LogP contribution in [0, 0.1) is 0 Å². The van der Waals surface area contributed by atoms with Crippen LogP contribution in [0.1, 0.15) is 20.8 Å². The summed E-state index contributed by atoms with van der Waals surface area (Å²) < 4.78 is 15.7. The zero-order valence-corrected chi connectivity index (χ0v) is 11.4. The predicted octanol–water partition coefficient (Wildman–Crippen LogP) is 0.202. The first kappa shape index (κ1) is 15.1. The van der Waals surface area contributed by atoms with Crippen molar-refractivity contribution in [1.82, 2.24) is 4.90 Å². The Hall–Kier alpha value is -0.980. The fraction of sp³-hybridized carbons (Fsp3) is 0.833. The van der Waals surface area contributed by atoms with Crippen LogP contribution in [-0.2, 0) is 23.8 Å². The highest BCUT2D eigenvalue weighted by molar-refractivity contribution is 5.84. The molecule has 1 fully saturated rings. The Morgan fingerprint density at radius 3 is 2.33 bits per heavy atom. The fourth-order valence-electron chi connectivity index (χ4n) is 1.70. The quantitative estimate of drug-likeness (QED) is 0.660. The molecule has 0 aromatic rings. The van der Waals surface area contributed by atoms with E-state index in [1.165, 1.54) is 21.0 Å². The van der Waals surface area contributed by atoms with Gasteiger partial charge in [0.05, 0.1) is 13.2 Å². The van der Waals surface area contributed by atoms with E-state index in [9.17, 15) is 9.59 Å². The lowest BCUT2D eigenvalue weighted by Crippen LogP contribution is -2.50. The third-order valence-corrected chi connectivity index (χ3v) is 3.10. The molecule has 6 nitrogen and oxygen atoms in total. The topological polar surface area (TPSA) is 65.1 Å². The number of hydrogen-bond donors (Lipinski definition) is 0. The van der Waals surface area contributed by atoms with Crippen LogP contribution >= 0.6 is 0 Å². The second-order valence-corrected chi connectivity index (χ2v) is 4.40. The lowest BCUT2D eigenvalue weighted by atomic mass is 10.2. The van der Waals surface area contributed by atoms with E-state index in [1.807, 2.05) is 0 Å².